The van der Waals surface area contributed by atoms with Crippen molar-refractivity contribution in [2.24, 2.45) is 0 Å². The summed E-state index contributed by atoms with van der Waals surface area (Å²) in [6.45, 7) is 0. The normalized spacial score (nSPS) is 10.2. The predicted molar refractivity (Wildman–Crippen MR) is 101 cm³/mol. The van der Waals surface area contributed by atoms with Crippen LogP contribution < -0.4 is 10.6 Å². The summed E-state index contributed by atoms with van der Waals surface area (Å²) in [7, 11) is 0. The van der Waals surface area contributed by atoms with Crippen LogP contribution in [0.2, 0.25) is 10.0 Å². The minimum Gasteiger partial charge on any atom is -0.355 e. The number of hydrogen-bond acceptors (Lipinski definition) is 2. The molecular weight excluding hydrogens is 343 g/mol. The summed E-state index contributed by atoms with van der Waals surface area (Å²) >= 11 is 12.1. The highest BCUT2D eigenvalue weighted by molar-refractivity contribution is 6.36. The first-order chi connectivity index (χ1) is 11.6. The molecule has 0 unspecified atom stereocenters. The molecule has 0 atom stereocenters. The van der Waals surface area contributed by atoms with Gasteiger partial charge in [-0.3, -0.25) is 4.79 Å². The van der Waals surface area contributed by atoms with Crippen molar-refractivity contribution in [3.63, 3.8) is 0 Å². The van der Waals surface area contributed by atoms with Crippen LogP contribution in [-0.2, 0) is 0 Å². The van der Waals surface area contributed by atoms with Crippen molar-refractivity contribution in [1.29, 1.82) is 0 Å². The van der Waals surface area contributed by atoms with Gasteiger partial charge in [-0.1, -0.05) is 53.5 Å². The van der Waals surface area contributed by atoms with Gasteiger partial charge < -0.3 is 10.6 Å². The lowest BCUT2D eigenvalue weighted by molar-refractivity contribution is 0.102. The molecule has 0 aliphatic heterocycles. The smallest absolute Gasteiger partial charge is 0.257 e. The molecule has 0 spiro atoms. The van der Waals surface area contributed by atoms with Crippen molar-refractivity contribution in [2.45, 2.75) is 0 Å². The molecule has 0 aromatic heterocycles. The highest BCUT2D eigenvalue weighted by Crippen LogP contribution is 2.27. The van der Waals surface area contributed by atoms with E-state index in [1.165, 1.54) is 0 Å². The summed E-state index contributed by atoms with van der Waals surface area (Å²) in [4.78, 5) is 12.6. The monoisotopic (exact) mass is 356 g/mol. The van der Waals surface area contributed by atoms with Crippen molar-refractivity contribution in [3.8, 4) is 0 Å². The molecule has 0 bridgehead atoms. The average Bonchev–Trinajstić information content (AvgIpc) is 2.59. The van der Waals surface area contributed by atoms with E-state index >= 15 is 0 Å². The summed E-state index contributed by atoms with van der Waals surface area (Å²) < 4.78 is 0. The molecule has 0 aliphatic rings. The van der Waals surface area contributed by atoms with Crippen molar-refractivity contribution in [2.75, 3.05) is 10.6 Å². The minimum absolute atomic E-state index is 0.266. The van der Waals surface area contributed by atoms with E-state index in [-0.39, 0.29) is 5.91 Å². The van der Waals surface area contributed by atoms with E-state index in [4.69, 9.17) is 23.2 Å². The van der Waals surface area contributed by atoms with Gasteiger partial charge >= 0.3 is 0 Å². The van der Waals surface area contributed by atoms with E-state index in [9.17, 15) is 4.79 Å². The molecule has 3 aromatic rings. The number of anilines is 3. The van der Waals surface area contributed by atoms with Gasteiger partial charge in [-0.25, -0.2) is 0 Å². The molecule has 0 saturated carbocycles. The minimum atomic E-state index is -0.266. The van der Waals surface area contributed by atoms with Crippen LogP contribution in [0.3, 0.4) is 0 Å². The molecule has 3 rings (SSSR count). The zero-order valence-corrected chi connectivity index (χ0v) is 14.1. The molecule has 3 nitrogen and oxygen atoms in total. The Morgan fingerprint density at radius 1 is 0.792 bits per heavy atom. The number of nitrogens with one attached hydrogen (secondary N) is 2. The summed E-state index contributed by atoms with van der Waals surface area (Å²) in [5.41, 5.74) is 2.60. The number of hydrogen-bond donors (Lipinski definition) is 2. The van der Waals surface area contributed by atoms with Gasteiger partial charge in [0.1, 0.15) is 0 Å². The standard InChI is InChI=1S/C19H14Cl2N2O/c20-13-10-11-16(21)18(12-13)23-19(24)15-8-4-5-9-17(15)22-14-6-2-1-3-7-14/h1-12,22H,(H,23,24). The second-order valence-electron chi connectivity index (χ2n) is 5.11. The number of rotatable bonds is 4. The highest BCUT2D eigenvalue weighted by Gasteiger charge is 2.13. The number of halogens is 2. The first-order valence-corrected chi connectivity index (χ1v) is 8.06. The van der Waals surface area contributed by atoms with Crippen molar-refractivity contribution < 1.29 is 4.79 Å². The Morgan fingerprint density at radius 3 is 2.29 bits per heavy atom. The van der Waals surface area contributed by atoms with Gasteiger partial charge in [-0.2, -0.15) is 0 Å². The molecule has 0 heterocycles. The lowest BCUT2D eigenvalue weighted by atomic mass is 10.1. The van der Waals surface area contributed by atoms with Crippen LogP contribution in [0.15, 0.2) is 72.8 Å². The maximum absolute atomic E-state index is 12.6. The zero-order valence-electron chi connectivity index (χ0n) is 12.6. The molecule has 0 saturated heterocycles. The van der Waals surface area contributed by atoms with Crippen LogP contribution in [0, 0.1) is 0 Å². The van der Waals surface area contributed by atoms with E-state index < -0.39 is 0 Å². The van der Waals surface area contributed by atoms with Gasteiger partial charge in [0.15, 0.2) is 0 Å². The molecule has 0 aliphatic carbocycles. The molecule has 3 aromatic carbocycles. The SMILES string of the molecule is O=C(Nc1cc(Cl)ccc1Cl)c1ccccc1Nc1ccccc1. The van der Waals surface area contributed by atoms with E-state index in [1.54, 1.807) is 24.3 Å². The summed E-state index contributed by atoms with van der Waals surface area (Å²) in [5.74, 6) is -0.266. The topological polar surface area (TPSA) is 41.1 Å². The van der Waals surface area contributed by atoms with Crippen LogP contribution in [0.4, 0.5) is 17.1 Å². The molecule has 5 heteroatoms. The van der Waals surface area contributed by atoms with Gasteiger partial charge in [0, 0.05) is 10.7 Å². The fourth-order valence-corrected chi connectivity index (χ4v) is 2.59. The molecular formula is C19H14Cl2N2O. The Kier molecular flexibility index (Phi) is 5.04. The van der Waals surface area contributed by atoms with E-state index in [2.05, 4.69) is 10.6 Å². The van der Waals surface area contributed by atoms with Crippen molar-refractivity contribution in [3.05, 3.63) is 88.4 Å². The van der Waals surface area contributed by atoms with Gasteiger partial charge in [-0.15, -0.1) is 0 Å². The first-order valence-electron chi connectivity index (χ1n) is 7.31. The van der Waals surface area contributed by atoms with Crippen molar-refractivity contribution in [1.82, 2.24) is 0 Å². The number of para-hydroxylation sites is 2. The summed E-state index contributed by atoms with van der Waals surface area (Å²) in [6.07, 6.45) is 0. The van der Waals surface area contributed by atoms with Gasteiger partial charge in [0.25, 0.3) is 5.91 Å². The van der Waals surface area contributed by atoms with Crippen LogP contribution in [0.25, 0.3) is 0 Å². The van der Waals surface area contributed by atoms with Crippen LogP contribution in [0.1, 0.15) is 10.4 Å². The van der Waals surface area contributed by atoms with Crippen LogP contribution >= 0.6 is 23.2 Å². The Balaban J connectivity index is 1.86. The third-order valence-corrected chi connectivity index (χ3v) is 3.97. The lowest BCUT2D eigenvalue weighted by Crippen LogP contribution is -2.14. The Bertz CT molecular complexity index is 866. The fourth-order valence-electron chi connectivity index (χ4n) is 2.25. The van der Waals surface area contributed by atoms with Crippen LogP contribution in [-0.4, -0.2) is 5.91 Å². The zero-order chi connectivity index (χ0) is 16.9. The largest absolute Gasteiger partial charge is 0.355 e. The number of benzene rings is 3. The Morgan fingerprint density at radius 2 is 1.50 bits per heavy atom. The molecule has 24 heavy (non-hydrogen) atoms. The summed E-state index contributed by atoms with van der Waals surface area (Å²) in [5, 5.41) is 6.98. The maximum atomic E-state index is 12.6. The Hall–Kier alpha value is -2.49. The van der Waals surface area contributed by atoms with E-state index in [0.717, 1.165) is 5.69 Å². The average molecular weight is 357 g/mol. The van der Waals surface area contributed by atoms with Gasteiger partial charge in [0.2, 0.25) is 0 Å². The molecule has 120 valence electrons. The second kappa shape index (κ2) is 7.39. The quantitative estimate of drug-likeness (QED) is 0.602. The third kappa shape index (κ3) is 3.88. The van der Waals surface area contributed by atoms with Gasteiger partial charge in [0.05, 0.1) is 22.0 Å². The van der Waals surface area contributed by atoms with Crippen LogP contribution in [0.5, 0.6) is 0 Å². The van der Waals surface area contributed by atoms with Gasteiger partial charge in [-0.05, 0) is 42.5 Å². The third-order valence-electron chi connectivity index (χ3n) is 3.40. The van der Waals surface area contributed by atoms with Crippen molar-refractivity contribution >= 4 is 46.2 Å². The fraction of sp³-hybridized carbons (Fsp3) is 0. The maximum Gasteiger partial charge on any atom is 0.257 e. The summed E-state index contributed by atoms with van der Waals surface area (Å²) in [6, 6.07) is 21.9. The predicted octanol–water partition coefficient (Wildman–Crippen LogP) is 5.99. The van der Waals surface area contributed by atoms with E-state index in [1.807, 2.05) is 48.5 Å². The molecule has 0 radical (unpaired) electrons. The first kappa shape index (κ1) is 16.4. The number of amides is 1. The lowest BCUT2D eigenvalue weighted by Gasteiger charge is -2.13. The Labute approximate surface area is 150 Å². The highest BCUT2D eigenvalue weighted by atomic mass is 35.5. The number of carbonyl (C=O) groups excluding carboxylic acids is 1. The van der Waals surface area contributed by atoms with E-state index in [0.29, 0.717) is 27.0 Å². The second-order valence-corrected chi connectivity index (χ2v) is 5.96. The molecule has 0 fully saturated rings. The molecule has 1 amide bonds. The molecule has 2 N–H and O–H groups in total. The number of carbonyl (C=O) groups is 1.